The highest BCUT2D eigenvalue weighted by atomic mass is 16.5. The molecule has 0 saturated carbocycles. The highest BCUT2D eigenvalue weighted by Crippen LogP contribution is 2.19. The Labute approximate surface area is 98.3 Å². The minimum Gasteiger partial charge on any atom is -0.374 e. The Kier molecular flexibility index (Phi) is 4.33. The van der Waals surface area contributed by atoms with Crippen LogP contribution in [0.25, 0.3) is 0 Å². The molecule has 4 nitrogen and oxygen atoms in total. The zero-order chi connectivity index (χ0) is 12.3. The van der Waals surface area contributed by atoms with Gasteiger partial charge < -0.3 is 9.64 Å². The third-order valence-corrected chi connectivity index (χ3v) is 2.95. The first-order chi connectivity index (χ1) is 7.41. The van der Waals surface area contributed by atoms with Gasteiger partial charge in [0.1, 0.15) is 0 Å². The maximum atomic E-state index is 12.0. The number of nitrogens with zero attached hydrogens (tertiary/aromatic N) is 1. The van der Waals surface area contributed by atoms with Gasteiger partial charge in [-0.1, -0.05) is 6.92 Å². The summed E-state index contributed by atoms with van der Waals surface area (Å²) in [5.41, 5.74) is -0.274. The van der Waals surface area contributed by atoms with Gasteiger partial charge >= 0.3 is 0 Å². The van der Waals surface area contributed by atoms with Crippen LogP contribution in [0.4, 0.5) is 0 Å². The first-order valence-corrected chi connectivity index (χ1v) is 6.11. The van der Waals surface area contributed by atoms with Crippen molar-refractivity contribution in [1.82, 2.24) is 10.2 Å². The van der Waals surface area contributed by atoms with E-state index in [4.69, 9.17) is 4.74 Å². The second kappa shape index (κ2) is 5.15. The van der Waals surface area contributed by atoms with E-state index >= 15 is 0 Å². The summed E-state index contributed by atoms with van der Waals surface area (Å²) in [7, 11) is 0. The van der Waals surface area contributed by atoms with Crippen LogP contribution in [0.1, 0.15) is 41.0 Å². The van der Waals surface area contributed by atoms with Gasteiger partial charge in [0, 0.05) is 6.61 Å². The van der Waals surface area contributed by atoms with E-state index in [0.29, 0.717) is 13.2 Å². The average Bonchev–Trinajstić information content (AvgIpc) is 2.45. The summed E-state index contributed by atoms with van der Waals surface area (Å²) >= 11 is 0. The molecule has 0 spiro atoms. The van der Waals surface area contributed by atoms with Crippen molar-refractivity contribution >= 4 is 5.91 Å². The Morgan fingerprint density at radius 2 is 2.06 bits per heavy atom. The molecule has 1 saturated heterocycles. The molecule has 1 rings (SSSR count). The summed E-state index contributed by atoms with van der Waals surface area (Å²) in [5.74, 6) is 0.180. The monoisotopic (exact) mass is 228 g/mol. The van der Waals surface area contributed by atoms with Gasteiger partial charge in [-0.05, 0) is 34.1 Å². The van der Waals surface area contributed by atoms with Crippen molar-refractivity contribution in [1.29, 1.82) is 0 Å². The van der Waals surface area contributed by atoms with Crippen molar-refractivity contribution in [3.05, 3.63) is 0 Å². The number of hydrogen-bond acceptors (Lipinski definition) is 3. The number of ether oxygens (including phenoxy) is 1. The van der Waals surface area contributed by atoms with E-state index in [1.54, 1.807) is 0 Å². The zero-order valence-electron chi connectivity index (χ0n) is 11.0. The van der Waals surface area contributed by atoms with E-state index in [-0.39, 0.29) is 23.7 Å². The van der Waals surface area contributed by atoms with E-state index in [9.17, 15) is 4.79 Å². The smallest absolute Gasteiger partial charge is 0.240 e. The lowest BCUT2D eigenvalue weighted by molar-refractivity contribution is -0.134. The predicted molar refractivity (Wildman–Crippen MR) is 64.1 cm³/mol. The summed E-state index contributed by atoms with van der Waals surface area (Å²) < 4.78 is 5.65. The molecule has 1 N–H and O–H groups in total. The van der Waals surface area contributed by atoms with Crippen molar-refractivity contribution < 1.29 is 9.53 Å². The molecule has 1 heterocycles. The van der Waals surface area contributed by atoms with Crippen LogP contribution in [0.15, 0.2) is 0 Å². The SMILES string of the molecule is CCOC(C)(C)CN1C(=O)C(C)NC1CC. The number of nitrogens with one attached hydrogen (secondary N) is 1. The van der Waals surface area contributed by atoms with E-state index in [2.05, 4.69) is 12.2 Å². The molecular weight excluding hydrogens is 204 g/mol. The Morgan fingerprint density at radius 1 is 1.44 bits per heavy atom. The van der Waals surface area contributed by atoms with Gasteiger partial charge in [-0.15, -0.1) is 0 Å². The lowest BCUT2D eigenvalue weighted by atomic mass is 10.1. The molecular formula is C12H24N2O2. The van der Waals surface area contributed by atoms with Gasteiger partial charge in [-0.2, -0.15) is 0 Å². The Morgan fingerprint density at radius 3 is 2.56 bits per heavy atom. The molecule has 16 heavy (non-hydrogen) atoms. The van der Waals surface area contributed by atoms with Crippen molar-refractivity contribution in [2.24, 2.45) is 0 Å². The van der Waals surface area contributed by atoms with Crippen LogP contribution in [0.3, 0.4) is 0 Å². The standard InChI is InChI=1S/C12H24N2O2/c1-6-10-13-9(3)11(15)14(10)8-12(4,5)16-7-2/h9-10,13H,6-8H2,1-5H3. The van der Waals surface area contributed by atoms with Crippen LogP contribution in [0.2, 0.25) is 0 Å². The molecule has 4 heteroatoms. The van der Waals surface area contributed by atoms with E-state index in [1.165, 1.54) is 0 Å². The Balaban J connectivity index is 2.67. The van der Waals surface area contributed by atoms with Gasteiger partial charge in [0.15, 0.2) is 0 Å². The number of carbonyl (C=O) groups excluding carboxylic acids is 1. The van der Waals surface area contributed by atoms with Crippen molar-refractivity contribution in [3.8, 4) is 0 Å². The van der Waals surface area contributed by atoms with Gasteiger partial charge in [-0.25, -0.2) is 0 Å². The molecule has 0 aliphatic carbocycles. The quantitative estimate of drug-likeness (QED) is 0.772. The van der Waals surface area contributed by atoms with Crippen molar-refractivity contribution in [3.63, 3.8) is 0 Å². The number of carbonyl (C=O) groups is 1. The minimum atomic E-state index is -0.274. The molecule has 0 radical (unpaired) electrons. The highest BCUT2D eigenvalue weighted by Gasteiger charge is 2.38. The normalized spacial score (nSPS) is 26.6. The highest BCUT2D eigenvalue weighted by molar-refractivity contribution is 5.83. The third-order valence-electron chi connectivity index (χ3n) is 2.95. The molecule has 0 aromatic rings. The van der Waals surface area contributed by atoms with Gasteiger partial charge in [0.25, 0.3) is 0 Å². The number of amides is 1. The van der Waals surface area contributed by atoms with Gasteiger partial charge in [-0.3, -0.25) is 10.1 Å². The predicted octanol–water partition coefficient (Wildman–Crippen LogP) is 1.36. The van der Waals surface area contributed by atoms with Crippen LogP contribution >= 0.6 is 0 Å². The fourth-order valence-electron chi connectivity index (χ4n) is 2.23. The maximum Gasteiger partial charge on any atom is 0.240 e. The fourth-order valence-corrected chi connectivity index (χ4v) is 2.23. The van der Waals surface area contributed by atoms with E-state index < -0.39 is 0 Å². The van der Waals surface area contributed by atoms with Crippen molar-refractivity contribution in [2.75, 3.05) is 13.2 Å². The lowest BCUT2D eigenvalue weighted by Gasteiger charge is -2.33. The lowest BCUT2D eigenvalue weighted by Crippen LogP contribution is -2.46. The van der Waals surface area contributed by atoms with Crippen LogP contribution in [-0.2, 0) is 9.53 Å². The first kappa shape index (κ1) is 13.5. The summed E-state index contributed by atoms with van der Waals surface area (Å²) in [4.78, 5) is 13.9. The second-order valence-corrected chi connectivity index (χ2v) is 4.97. The molecule has 0 aromatic heterocycles. The largest absolute Gasteiger partial charge is 0.374 e. The molecule has 1 aliphatic heterocycles. The summed E-state index contributed by atoms with van der Waals surface area (Å²) in [6, 6.07) is -0.0672. The third kappa shape index (κ3) is 2.95. The average molecular weight is 228 g/mol. The molecule has 0 bridgehead atoms. The second-order valence-electron chi connectivity index (χ2n) is 4.97. The molecule has 0 aromatic carbocycles. The van der Waals surface area contributed by atoms with Crippen LogP contribution < -0.4 is 5.32 Å². The summed E-state index contributed by atoms with van der Waals surface area (Å²) in [6.07, 6.45) is 1.08. The van der Waals surface area contributed by atoms with Gasteiger partial charge in [0.2, 0.25) is 5.91 Å². The van der Waals surface area contributed by atoms with E-state index in [0.717, 1.165) is 6.42 Å². The number of rotatable bonds is 5. The minimum absolute atomic E-state index is 0.0672. The van der Waals surface area contributed by atoms with Crippen LogP contribution in [0, 0.1) is 0 Å². The first-order valence-electron chi connectivity index (χ1n) is 6.11. The molecule has 1 amide bonds. The molecule has 1 fully saturated rings. The number of hydrogen-bond donors (Lipinski definition) is 1. The Bertz CT molecular complexity index is 253. The zero-order valence-corrected chi connectivity index (χ0v) is 11.0. The van der Waals surface area contributed by atoms with Crippen LogP contribution in [0.5, 0.6) is 0 Å². The van der Waals surface area contributed by atoms with Crippen LogP contribution in [-0.4, -0.2) is 41.8 Å². The summed E-state index contributed by atoms with van der Waals surface area (Å²) in [5, 5.41) is 3.29. The molecule has 94 valence electrons. The topological polar surface area (TPSA) is 41.6 Å². The molecule has 1 aliphatic rings. The molecule has 2 atom stereocenters. The Hall–Kier alpha value is -0.610. The summed E-state index contributed by atoms with van der Waals surface area (Å²) in [6.45, 7) is 11.4. The molecule has 2 unspecified atom stereocenters. The van der Waals surface area contributed by atoms with Crippen molar-refractivity contribution in [2.45, 2.75) is 58.8 Å². The maximum absolute atomic E-state index is 12.0. The fraction of sp³-hybridized carbons (Fsp3) is 0.917. The van der Waals surface area contributed by atoms with Gasteiger partial charge in [0.05, 0.1) is 24.4 Å². The van der Waals surface area contributed by atoms with E-state index in [1.807, 2.05) is 32.6 Å².